The number of alkyl halides is 3. The molecule has 2 heterocycles. The molecule has 0 amide bonds. The zero-order valence-corrected chi connectivity index (χ0v) is 14.6. The number of aliphatic hydroxyl groups is 1. The van der Waals surface area contributed by atoms with Crippen molar-refractivity contribution in [2.75, 3.05) is 5.32 Å². The van der Waals surface area contributed by atoms with Gasteiger partial charge in [-0.2, -0.15) is 13.2 Å². The lowest BCUT2D eigenvalue weighted by atomic mass is 9.85. The van der Waals surface area contributed by atoms with E-state index in [0.29, 0.717) is 5.52 Å². The average molecular weight is 407 g/mol. The molecular weight excluding hydrogens is 389 g/mol. The summed E-state index contributed by atoms with van der Waals surface area (Å²) in [5, 5.41) is 16.2. The molecule has 1 atom stereocenters. The number of hydrogen-bond acceptors (Lipinski definition) is 4. The number of nitrogens with one attached hydrogen (secondary N) is 1. The highest BCUT2D eigenvalue weighted by Gasteiger charge is 2.36. The number of hydrogen-bond donors (Lipinski definition) is 2. The Kier molecular flexibility index (Phi) is 4.74. The lowest BCUT2D eigenvalue weighted by Gasteiger charge is -2.25. The van der Waals surface area contributed by atoms with E-state index in [2.05, 4.69) is 31.3 Å². The van der Waals surface area contributed by atoms with E-state index < -0.39 is 12.2 Å². The van der Waals surface area contributed by atoms with Gasteiger partial charge in [-0.3, -0.25) is 0 Å². The maximum absolute atomic E-state index is 12.7. The Morgan fingerprint density at radius 2 is 2.00 bits per heavy atom. The minimum Gasteiger partial charge on any atom is -0.393 e. The molecule has 0 aliphatic heterocycles. The zero-order chi connectivity index (χ0) is 17.5. The first-order chi connectivity index (χ1) is 11.3. The highest BCUT2D eigenvalue weighted by molar-refractivity contribution is 9.10. The normalized spacial score (nSPS) is 23.4. The first kappa shape index (κ1) is 17.5. The van der Waals surface area contributed by atoms with Crippen LogP contribution in [0.4, 0.5) is 19.1 Å². The van der Waals surface area contributed by atoms with Crippen LogP contribution in [0.1, 0.15) is 44.2 Å². The molecule has 0 bridgehead atoms. The van der Waals surface area contributed by atoms with E-state index in [-0.39, 0.29) is 18.0 Å². The number of aliphatic hydroxyl groups excluding tert-OH is 1. The summed E-state index contributed by atoms with van der Waals surface area (Å²) in [5.74, 6) is 0.155. The molecule has 1 fully saturated rings. The minimum atomic E-state index is -4.36. The van der Waals surface area contributed by atoms with Crippen molar-refractivity contribution in [1.82, 2.24) is 14.6 Å². The molecule has 1 aliphatic carbocycles. The molecule has 132 valence electrons. The van der Waals surface area contributed by atoms with Crippen molar-refractivity contribution in [3.63, 3.8) is 0 Å². The van der Waals surface area contributed by atoms with E-state index in [1.165, 1.54) is 6.20 Å². The second-order valence-electron chi connectivity index (χ2n) is 6.21. The van der Waals surface area contributed by atoms with Crippen LogP contribution in [0.2, 0.25) is 0 Å². The van der Waals surface area contributed by atoms with Gasteiger partial charge in [-0.1, -0.05) is 0 Å². The van der Waals surface area contributed by atoms with Crippen molar-refractivity contribution in [1.29, 1.82) is 0 Å². The van der Waals surface area contributed by atoms with Gasteiger partial charge in [0, 0.05) is 16.1 Å². The summed E-state index contributed by atoms with van der Waals surface area (Å²) < 4.78 is 40.6. The van der Waals surface area contributed by atoms with Crippen molar-refractivity contribution in [3.05, 3.63) is 22.4 Å². The lowest BCUT2D eigenvalue weighted by Crippen LogP contribution is -2.34. The van der Waals surface area contributed by atoms with Gasteiger partial charge in [0.25, 0.3) is 0 Å². The zero-order valence-electron chi connectivity index (χ0n) is 13.0. The molecule has 24 heavy (non-hydrogen) atoms. The van der Waals surface area contributed by atoms with E-state index in [0.717, 1.165) is 42.8 Å². The van der Waals surface area contributed by atoms with Crippen molar-refractivity contribution in [2.45, 2.75) is 56.8 Å². The van der Waals surface area contributed by atoms with E-state index in [1.54, 1.807) is 4.52 Å². The smallest absolute Gasteiger partial charge is 0.393 e. The van der Waals surface area contributed by atoms with Crippen LogP contribution in [0.15, 0.2) is 16.7 Å². The Morgan fingerprint density at radius 1 is 1.33 bits per heavy atom. The summed E-state index contributed by atoms with van der Waals surface area (Å²) in [6.07, 6.45) is -0.0398. The van der Waals surface area contributed by atoms with Gasteiger partial charge in [0.2, 0.25) is 5.95 Å². The van der Waals surface area contributed by atoms with Crippen LogP contribution in [0.5, 0.6) is 0 Å². The van der Waals surface area contributed by atoms with Gasteiger partial charge in [0.05, 0.1) is 17.8 Å². The van der Waals surface area contributed by atoms with Gasteiger partial charge in [-0.25, -0.2) is 9.50 Å². The minimum absolute atomic E-state index is 0.0625. The van der Waals surface area contributed by atoms with Crippen LogP contribution in [0.3, 0.4) is 0 Å². The topological polar surface area (TPSA) is 62.5 Å². The molecule has 2 N–H and O–H groups in total. The number of rotatable bonds is 3. The molecule has 5 nitrogen and oxygen atoms in total. The molecule has 0 aromatic carbocycles. The molecule has 2 aromatic rings. The molecule has 9 heteroatoms. The monoisotopic (exact) mass is 406 g/mol. The maximum atomic E-state index is 12.7. The average Bonchev–Trinajstić information content (AvgIpc) is 2.84. The molecule has 1 unspecified atom stereocenters. The van der Waals surface area contributed by atoms with Crippen LogP contribution in [-0.4, -0.2) is 38.0 Å². The Hall–Kier alpha value is -1.35. The number of aromatic nitrogens is 3. The van der Waals surface area contributed by atoms with E-state index in [1.807, 2.05) is 6.07 Å². The number of nitrogens with zero attached hydrogens (tertiary/aromatic N) is 3. The molecule has 0 radical (unpaired) electrons. The first-order valence-corrected chi connectivity index (χ1v) is 8.60. The molecule has 2 aromatic heterocycles. The van der Waals surface area contributed by atoms with E-state index >= 15 is 0 Å². The van der Waals surface area contributed by atoms with Gasteiger partial charge in [-0.15, -0.1) is 5.10 Å². The molecule has 0 spiro atoms. The number of halogens is 4. The SMILES string of the molecule is CC(Nc1ncc2c(Br)cc(C3CCC(O)CC3)n2n1)C(F)(F)F. The van der Waals surface area contributed by atoms with Crippen LogP contribution < -0.4 is 5.32 Å². The maximum Gasteiger partial charge on any atom is 0.408 e. The molecule has 0 saturated heterocycles. The lowest BCUT2D eigenvalue weighted by molar-refractivity contribution is -0.138. The fraction of sp³-hybridized carbons (Fsp3) is 0.600. The highest BCUT2D eigenvalue weighted by atomic mass is 79.9. The van der Waals surface area contributed by atoms with Crippen molar-refractivity contribution in [2.24, 2.45) is 0 Å². The predicted octanol–water partition coefficient (Wildman–Crippen LogP) is 3.87. The van der Waals surface area contributed by atoms with Crippen LogP contribution >= 0.6 is 15.9 Å². The van der Waals surface area contributed by atoms with Gasteiger partial charge in [0.15, 0.2) is 0 Å². The van der Waals surface area contributed by atoms with Crippen molar-refractivity contribution >= 4 is 27.4 Å². The van der Waals surface area contributed by atoms with Crippen LogP contribution in [0.25, 0.3) is 5.52 Å². The summed E-state index contributed by atoms with van der Waals surface area (Å²) in [4.78, 5) is 3.98. The van der Waals surface area contributed by atoms with E-state index in [4.69, 9.17) is 0 Å². The largest absolute Gasteiger partial charge is 0.408 e. The van der Waals surface area contributed by atoms with Gasteiger partial charge >= 0.3 is 6.18 Å². The number of fused-ring (bicyclic) bond motifs is 1. The Labute approximate surface area is 145 Å². The van der Waals surface area contributed by atoms with Crippen LogP contribution in [0, 0.1) is 0 Å². The summed E-state index contributed by atoms with van der Waals surface area (Å²) >= 11 is 3.45. The third kappa shape index (κ3) is 3.51. The van der Waals surface area contributed by atoms with Gasteiger partial charge < -0.3 is 10.4 Å². The first-order valence-electron chi connectivity index (χ1n) is 7.81. The Bertz CT molecular complexity index is 725. The predicted molar refractivity (Wildman–Crippen MR) is 87.0 cm³/mol. The van der Waals surface area contributed by atoms with Crippen molar-refractivity contribution in [3.8, 4) is 0 Å². The standard InChI is InChI=1S/C15H18BrF3N4O/c1-8(15(17,18)19)21-14-20-7-13-11(16)6-12(23(13)22-14)9-2-4-10(24)5-3-9/h6-10,24H,2-5H2,1H3,(H,21,22). The summed E-state index contributed by atoms with van der Waals surface area (Å²) in [5.41, 5.74) is 1.63. The Morgan fingerprint density at radius 3 is 2.62 bits per heavy atom. The molecule has 1 saturated carbocycles. The molecular formula is C15H18BrF3N4O. The summed E-state index contributed by atoms with van der Waals surface area (Å²) in [6, 6.07) is 0.200. The molecule has 1 aliphatic rings. The third-order valence-electron chi connectivity index (χ3n) is 4.45. The quantitative estimate of drug-likeness (QED) is 0.811. The summed E-state index contributed by atoms with van der Waals surface area (Å²) in [6.45, 7) is 1.03. The highest BCUT2D eigenvalue weighted by Crippen LogP contribution is 2.36. The summed E-state index contributed by atoms with van der Waals surface area (Å²) in [7, 11) is 0. The Balaban J connectivity index is 1.91. The number of anilines is 1. The van der Waals surface area contributed by atoms with Gasteiger partial charge in [-0.05, 0) is 54.6 Å². The van der Waals surface area contributed by atoms with Gasteiger partial charge in [0.1, 0.15) is 6.04 Å². The van der Waals surface area contributed by atoms with Crippen molar-refractivity contribution < 1.29 is 18.3 Å². The second kappa shape index (κ2) is 6.51. The van der Waals surface area contributed by atoms with E-state index in [9.17, 15) is 18.3 Å². The van der Waals surface area contributed by atoms with Crippen LogP contribution in [-0.2, 0) is 0 Å². The second-order valence-corrected chi connectivity index (χ2v) is 7.06. The molecule has 3 rings (SSSR count). The fourth-order valence-corrected chi connectivity index (χ4v) is 3.48. The third-order valence-corrected chi connectivity index (χ3v) is 5.08. The fourth-order valence-electron chi connectivity index (χ4n) is 2.98.